The number of nitrogens with zero attached hydrogens (tertiary/aromatic N) is 2. The molecule has 1 aliphatic rings. The Kier molecular flexibility index (Phi) is 2.70. The lowest BCUT2D eigenvalue weighted by atomic mass is 9.82. The first-order valence-corrected chi connectivity index (χ1v) is 5.20. The molecule has 0 unspecified atom stereocenters. The average Bonchev–Trinajstić information content (AvgIpc) is 2.65. The van der Waals surface area contributed by atoms with Gasteiger partial charge in [0.2, 0.25) is 5.89 Å². The number of aliphatic carboxylic acids is 1. The van der Waals surface area contributed by atoms with Crippen molar-refractivity contribution in [3.05, 3.63) is 11.7 Å². The molecule has 0 radical (unpaired) electrons. The number of carbonyl (C=O) groups is 1. The molecule has 0 aromatic carbocycles. The zero-order chi connectivity index (χ0) is 10.8. The first kappa shape index (κ1) is 10.1. The van der Waals surface area contributed by atoms with E-state index in [1.165, 1.54) is 0 Å². The summed E-state index contributed by atoms with van der Waals surface area (Å²) in [5, 5.41) is 12.6. The number of hydrogen-bond acceptors (Lipinski definition) is 4. The van der Waals surface area contributed by atoms with Gasteiger partial charge in [-0.3, -0.25) is 4.79 Å². The number of carboxylic acid groups (broad SMARTS) is 1. The summed E-state index contributed by atoms with van der Waals surface area (Å²) in [6, 6.07) is 0. The van der Waals surface area contributed by atoms with Gasteiger partial charge in [-0.2, -0.15) is 4.98 Å². The summed E-state index contributed by atoms with van der Waals surface area (Å²) < 4.78 is 5.09. The molecule has 1 saturated carbocycles. The lowest BCUT2D eigenvalue weighted by Gasteiger charge is -2.23. The number of aromatic nitrogens is 2. The van der Waals surface area contributed by atoms with Crippen LogP contribution in [0.4, 0.5) is 0 Å². The van der Waals surface area contributed by atoms with Gasteiger partial charge in [-0.25, -0.2) is 0 Å². The summed E-state index contributed by atoms with van der Waals surface area (Å²) >= 11 is 0. The Hall–Kier alpha value is -1.39. The van der Waals surface area contributed by atoms with Gasteiger partial charge in [-0.05, 0) is 32.6 Å². The van der Waals surface area contributed by atoms with Crippen molar-refractivity contribution in [1.82, 2.24) is 10.1 Å². The Morgan fingerprint density at radius 2 is 2.07 bits per heavy atom. The number of carboxylic acids is 1. The maximum absolute atomic E-state index is 10.8. The molecule has 0 spiro atoms. The van der Waals surface area contributed by atoms with Crippen molar-refractivity contribution in [2.24, 2.45) is 5.92 Å². The third-order valence-electron chi connectivity index (χ3n) is 2.97. The van der Waals surface area contributed by atoms with E-state index in [0.29, 0.717) is 24.6 Å². The third-order valence-corrected chi connectivity index (χ3v) is 2.97. The standard InChI is InChI=1S/C10H14N2O3/c1-6-11-9(15-12-6)7-2-4-8(5-3-7)10(13)14/h7-8H,2-5H2,1H3,(H,13,14). The summed E-state index contributed by atoms with van der Waals surface area (Å²) in [4.78, 5) is 14.9. The summed E-state index contributed by atoms with van der Waals surface area (Å²) in [7, 11) is 0. The molecule has 1 fully saturated rings. The van der Waals surface area contributed by atoms with Gasteiger partial charge in [0.25, 0.3) is 0 Å². The van der Waals surface area contributed by atoms with Crippen LogP contribution in [0.15, 0.2) is 4.52 Å². The van der Waals surface area contributed by atoms with E-state index in [-0.39, 0.29) is 11.8 Å². The minimum atomic E-state index is -0.685. The lowest BCUT2D eigenvalue weighted by molar-refractivity contribution is -0.142. The second-order valence-electron chi connectivity index (χ2n) is 4.07. The summed E-state index contributed by atoms with van der Waals surface area (Å²) in [5.74, 6) is 0.684. The highest BCUT2D eigenvalue weighted by Gasteiger charge is 2.29. The van der Waals surface area contributed by atoms with Crippen molar-refractivity contribution in [2.45, 2.75) is 38.5 Å². The summed E-state index contributed by atoms with van der Waals surface area (Å²) in [6.45, 7) is 1.79. The van der Waals surface area contributed by atoms with Crippen LogP contribution < -0.4 is 0 Å². The van der Waals surface area contributed by atoms with Crippen LogP contribution in [0.1, 0.15) is 43.3 Å². The van der Waals surface area contributed by atoms with Gasteiger partial charge in [0.05, 0.1) is 5.92 Å². The molecule has 0 aliphatic heterocycles. The van der Waals surface area contributed by atoms with Crippen LogP contribution in [0.3, 0.4) is 0 Å². The highest BCUT2D eigenvalue weighted by Crippen LogP contribution is 2.34. The SMILES string of the molecule is Cc1noc(C2CCC(C(=O)O)CC2)n1. The van der Waals surface area contributed by atoms with Gasteiger partial charge in [0.1, 0.15) is 0 Å². The first-order chi connectivity index (χ1) is 7.16. The molecule has 0 saturated heterocycles. The lowest BCUT2D eigenvalue weighted by Crippen LogP contribution is -2.20. The average molecular weight is 210 g/mol. The van der Waals surface area contributed by atoms with Crippen molar-refractivity contribution >= 4 is 5.97 Å². The molecular formula is C10H14N2O3. The van der Waals surface area contributed by atoms with Gasteiger partial charge in [0.15, 0.2) is 5.82 Å². The van der Waals surface area contributed by atoms with Crippen LogP contribution in [-0.4, -0.2) is 21.2 Å². The van der Waals surface area contributed by atoms with E-state index in [1.54, 1.807) is 6.92 Å². The first-order valence-electron chi connectivity index (χ1n) is 5.20. The number of rotatable bonds is 2. The maximum Gasteiger partial charge on any atom is 0.306 e. The van der Waals surface area contributed by atoms with Crippen molar-refractivity contribution in [3.8, 4) is 0 Å². The Bertz CT molecular complexity index is 353. The van der Waals surface area contributed by atoms with E-state index in [4.69, 9.17) is 9.63 Å². The van der Waals surface area contributed by atoms with E-state index in [1.807, 2.05) is 0 Å². The zero-order valence-corrected chi connectivity index (χ0v) is 8.64. The van der Waals surface area contributed by atoms with Crippen molar-refractivity contribution in [3.63, 3.8) is 0 Å². The Balaban J connectivity index is 1.96. The Morgan fingerprint density at radius 3 is 2.53 bits per heavy atom. The fourth-order valence-electron chi connectivity index (χ4n) is 2.07. The quantitative estimate of drug-likeness (QED) is 0.804. The topological polar surface area (TPSA) is 76.2 Å². The smallest absolute Gasteiger partial charge is 0.306 e. The van der Waals surface area contributed by atoms with Gasteiger partial charge >= 0.3 is 5.97 Å². The second-order valence-corrected chi connectivity index (χ2v) is 4.07. The molecule has 1 aliphatic carbocycles. The number of aryl methyl sites for hydroxylation is 1. The Labute approximate surface area is 87.5 Å². The molecule has 0 bridgehead atoms. The van der Waals surface area contributed by atoms with Crippen molar-refractivity contribution in [1.29, 1.82) is 0 Å². The number of hydrogen-bond donors (Lipinski definition) is 1. The fraction of sp³-hybridized carbons (Fsp3) is 0.700. The molecule has 5 heteroatoms. The fourth-order valence-corrected chi connectivity index (χ4v) is 2.07. The third kappa shape index (κ3) is 2.16. The van der Waals surface area contributed by atoms with E-state index < -0.39 is 5.97 Å². The van der Waals surface area contributed by atoms with Crippen molar-refractivity contribution < 1.29 is 14.4 Å². The Morgan fingerprint density at radius 1 is 1.40 bits per heavy atom. The van der Waals surface area contributed by atoms with Gasteiger partial charge in [-0.1, -0.05) is 5.16 Å². The molecule has 1 heterocycles. The second kappa shape index (κ2) is 4.00. The molecule has 82 valence electrons. The predicted octanol–water partition coefficient (Wildman–Crippen LogP) is 1.74. The van der Waals surface area contributed by atoms with Crippen LogP contribution in [0.2, 0.25) is 0 Å². The van der Waals surface area contributed by atoms with Gasteiger partial charge in [-0.15, -0.1) is 0 Å². The predicted molar refractivity (Wildman–Crippen MR) is 51.4 cm³/mol. The molecule has 2 rings (SSSR count). The van der Waals surface area contributed by atoms with Gasteiger partial charge < -0.3 is 9.63 Å². The molecule has 15 heavy (non-hydrogen) atoms. The summed E-state index contributed by atoms with van der Waals surface area (Å²) in [6.07, 6.45) is 3.08. The molecule has 1 N–H and O–H groups in total. The zero-order valence-electron chi connectivity index (χ0n) is 8.64. The molecule has 0 atom stereocenters. The van der Waals surface area contributed by atoms with Crippen molar-refractivity contribution in [2.75, 3.05) is 0 Å². The normalized spacial score (nSPS) is 26.5. The van der Waals surface area contributed by atoms with E-state index in [2.05, 4.69) is 10.1 Å². The van der Waals surface area contributed by atoms with E-state index >= 15 is 0 Å². The minimum Gasteiger partial charge on any atom is -0.481 e. The van der Waals surface area contributed by atoms with E-state index in [0.717, 1.165) is 12.8 Å². The molecule has 1 aromatic heterocycles. The molecular weight excluding hydrogens is 196 g/mol. The largest absolute Gasteiger partial charge is 0.481 e. The monoisotopic (exact) mass is 210 g/mol. The highest BCUT2D eigenvalue weighted by molar-refractivity contribution is 5.70. The minimum absolute atomic E-state index is 0.190. The van der Waals surface area contributed by atoms with Gasteiger partial charge in [0, 0.05) is 5.92 Å². The maximum atomic E-state index is 10.8. The van der Waals surface area contributed by atoms with Crippen LogP contribution in [0.5, 0.6) is 0 Å². The molecule has 5 nitrogen and oxygen atoms in total. The molecule has 0 amide bonds. The van der Waals surface area contributed by atoms with Crippen LogP contribution >= 0.6 is 0 Å². The van der Waals surface area contributed by atoms with Crippen LogP contribution in [0, 0.1) is 12.8 Å². The molecule has 1 aromatic rings. The van der Waals surface area contributed by atoms with E-state index in [9.17, 15) is 4.79 Å². The highest BCUT2D eigenvalue weighted by atomic mass is 16.5. The van der Waals surface area contributed by atoms with Crippen LogP contribution in [-0.2, 0) is 4.79 Å². The summed E-state index contributed by atoms with van der Waals surface area (Å²) in [5.41, 5.74) is 0. The van der Waals surface area contributed by atoms with Crippen LogP contribution in [0.25, 0.3) is 0 Å².